The summed E-state index contributed by atoms with van der Waals surface area (Å²) in [6.07, 6.45) is 4.83. The van der Waals surface area contributed by atoms with Crippen LogP contribution in [0.2, 0.25) is 0 Å². The van der Waals surface area contributed by atoms with E-state index in [0.29, 0.717) is 6.04 Å². The first kappa shape index (κ1) is 11.4. The second-order valence-electron chi connectivity index (χ2n) is 5.11. The highest BCUT2D eigenvalue weighted by Crippen LogP contribution is 2.29. The molecule has 2 unspecified atom stereocenters. The Labute approximate surface area is 107 Å². The van der Waals surface area contributed by atoms with Crippen molar-refractivity contribution in [3.63, 3.8) is 0 Å². The van der Waals surface area contributed by atoms with E-state index in [9.17, 15) is 0 Å². The van der Waals surface area contributed by atoms with E-state index in [1.807, 2.05) is 0 Å². The van der Waals surface area contributed by atoms with Gasteiger partial charge in [-0.05, 0) is 31.7 Å². The molecule has 0 bridgehead atoms. The van der Waals surface area contributed by atoms with Crippen molar-refractivity contribution in [2.24, 2.45) is 5.92 Å². The quantitative estimate of drug-likeness (QED) is 0.888. The summed E-state index contributed by atoms with van der Waals surface area (Å²) in [5.41, 5.74) is 0. The van der Waals surface area contributed by atoms with Crippen LogP contribution in [-0.4, -0.2) is 35.0 Å². The molecule has 0 amide bonds. The standard InChI is InChI=1S/C12H20N4S/c1-2-4-11-14-12(17-15-11)16-7-9-5-3-6-13-10(9)8-16/h9-10,13H,2-8H2,1H3. The van der Waals surface area contributed by atoms with Gasteiger partial charge in [-0.1, -0.05) is 6.92 Å². The number of aryl methyl sites for hydroxylation is 1. The molecule has 3 rings (SSSR count). The molecule has 2 fully saturated rings. The van der Waals surface area contributed by atoms with Crippen LogP contribution in [0.25, 0.3) is 0 Å². The van der Waals surface area contributed by atoms with E-state index >= 15 is 0 Å². The molecule has 1 aromatic rings. The lowest BCUT2D eigenvalue weighted by Crippen LogP contribution is -2.40. The van der Waals surface area contributed by atoms with Crippen LogP contribution < -0.4 is 10.2 Å². The smallest absolute Gasteiger partial charge is 0.205 e. The predicted octanol–water partition coefficient (Wildman–Crippen LogP) is 1.68. The fraction of sp³-hybridized carbons (Fsp3) is 0.833. The Hall–Kier alpha value is -0.680. The molecule has 0 aliphatic carbocycles. The van der Waals surface area contributed by atoms with E-state index in [2.05, 4.69) is 26.5 Å². The normalized spacial score (nSPS) is 28.4. The van der Waals surface area contributed by atoms with Crippen LogP contribution in [0.15, 0.2) is 0 Å². The predicted molar refractivity (Wildman–Crippen MR) is 70.6 cm³/mol. The lowest BCUT2D eigenvalue weighted by Gasteiger charge is -2.24. The maximum Gasteiger partial charge on any atom is 0.205 e. The molecule has 0 spiro atoms. The van der Waals surface area contributed by atoms with Crippen molar-refractivity contribution in [1.82, 2.24) is 14.7 Å². The largest absolute Gasteiger partial charge is 0.345 e. The van der Waals surface area contributed by atoms with Crippen molar-refractivity contribution in [2.75, 3.05) is 24.5 Å². The summed E-state index contributed by atoms with van der Waals surface area (Å²) in [5, 5.41) is 4.76. The van der Waals surface area contributed by atoms with Crippen LogP contribution >= 0.6 is 11.5 Å². The van der Waals surface area contributed by atoms with Crippen molar-refractivity contribution < 1.29 is 0 Å². The molecule has 94 valence electrons. The van der Waals surface area contributed by atoms with E-state index < -0.39 is 0 Å². The van der Waals surface area contributed by atoms with Gasteiger partial charge >= 0.3 is 0 Å². The number of anilines is 1. The van der Waals surface area contributed by atoms with Gasteiger partial charge in [0.15, 0.2) is 0 Å². The zero-order valence-electron chi connectivity index (χ0n) is 10.4. The maximum atomic E-state index is 4.65. The van der Waals surface area contributed by atoms with Gasteiger partial charge in [0.25, 0.3) is 0 Å². The van der Waals surface area contributed by atoms with E-state index in [-0.39, 0.29) is 0 Å². The van der Waals surface area contributed by atoms with Gasteiger partial charge in [0.05, 0.1) is 0 Å². The highest BCUT2D eigenvalue weighted by atomic mass is 32.1. The van der Waals surface area contributed by atoms with Crippen LogP contribution in [0.5, 0.6) is 0 Å². The van der Waals surface area contributed by atoms with Gasteiger partial charge in [-0.2, -0.15) is 4.37 Å². The third-order valence-corrected chi connectivity index (χ3v) is 4.62. The molecule has 1 aromatic heterocycles. The molecule has 2 atom stereocenters. The molecule has 0 radical (unpaired) electrons. The van der Waals surface area contributed by atoms with Gasteiger partial charge in [-0.25, -0.2) is 4.98 Å². The number of nitrogens with one attached hydrogen (secondary N) is 1. The highest BCUT2D eigenvalue weighted by molar-refractivity contribution is 7.09. The molecule has 1 N–H and O–H groups in total. The zero-order chi connectivity index (χ0) is 11.7. The molecular formula is C12H20N4S. The summed E-state index contributed by atoms with van der Waals surface area (Å²) >= 11 is 1.57. The Bertz CT molecular complexity index is 364. The van der Waals surface area contributed by atoms with Crippen LogP contribution in [0.1, 0.15) is 32.0 Å². The highest BCUT2D eigenvalue weighted by Gasteiger charge is 2.35. The molecule has 5 heteroatoms. The minimum absolute atomic E-state index is 0.683. The summed E-state index contributed by atoms with van der Waals surface area (Å²) in [7, 11) is 0. The summed E-state index contributed by atoms with van der Waals surface area (Å²) in [6, 6.07) is 0.683. The van der Waals surface area contributed by atoms with Gasteiger partial charge in [0.2, 0.25) is 5.13 Å². The molecule has 2 aliphatic rings. The number of hydrogen-bond donors (Lipinski definition) is 1. The first-order valence-corrected chi connectivity index (χ1v) is 7.45. The van der Waals surface area contributed by atoms with Crippen molar-refractivity contribution in [3.05, 3.63) is 5.82 Å². The average molecular weight is 252 g/mol. The molecule has 0 aromatic carbocycles. The summed E-state index contributed by atoms with van der Waals surface area (Å²) < 4.78 is 4.44. The van der Waals surface area contributed by atoms with Crippen molar-refractivity contribution in [2.45, 2.75) is 38.6 Å². The third kappa shape index (κ3) is 2.31. The van der Waals surface area contributed by atoms with E-state index in [1.54, 1.807) is 11.5 Å². The molecular weight excluding hydrogens is 232 g/mol. The van der Waals surface area contributed by atoms with Crippen molar-refractivity contribution >= 4 is 16.7 Å². The second kappa shape index (κ2) is 4.90. The average Bonchev–Trinajstić information content (AvgIpc) is 2.94. The fourth-order valence-corrected chi connectivity index (χ4v) is 3.63. The van der Waals surface area contributed by atoms with E-state index in [4.69, 9.17) is 0 Å². The van der Waals surface area contributed by atoms with Crippen LogP contribution in [0.4, 0.5) is 5.13 Å². The number of hydrogen-bond acceptors (Lipinski definition) is 5. The Morgan fingerprint density at radius 1 is 1.47 bits per heavy atom. The molecule has 2 aliphatic heterocycles. The van der Waals surface area contributed by atoms with Crippen molar-refractivity contribution in [3.8, 4) is 0 Å². The van der Waals surface area contributed by atoms with Crippen LogP contribution in [-0.2, 0) is 6.42 Å². The lowest BCUT2D eigenvalue weighted by atomic mass is 9.94. The van der Waals surface area contributed by atoms with E-state index in [0.717, 1.165) is 36.3 Å². The maximum absolute atomic E-state index is 4.65. The number of rotatable bonds is 3. The van der Waals surface area contributed by atoms with Gasteiger partial charge in [-0.15, -0.1) is 0 Å². The molecule has 4 nitrogen and oxygen atoms in total. The molecule has 2 saturated heterocycles. The third-order valence-electron chi connectivity index (χ3n) is 3.80. The minimum Gasteiger partial charge on any atom is -0.345 e. The summed E-state index contributed by atoms with van der Waals surface area (Å²) in [5.74, 6) is 1.85. The number of piperidine rings is 1. The Kier molecular flexibility index (Phi) is 3.29. The SMILES string of the molecule is CCCc1nsc(N2CC3CCCNC3C2)n1. The number of nitrogens with zero attached hydrogens (tertiary/aromatic N) is 3. The fourth-order valence-electron chi connectivity index (χ4n) is 2.90. The van der Waals surface area contributed by atoms with Crippen molar-refractivity contribution in [1.29, 1.82) is 0 Å². The van der Waals surface area contributed by atoms with Gasteiger partial charge in [-0.3, -0.25) is 0 Å². The minimum atomic E-state index is 0.683. The molecule has 3 heterocycles. The van der Waals surface area contributed by atoms with Crippen LogP contribution in [0, 0.1) is 5.92 Å². The Balaban J connectivity index is 1.68. The Morgan fingerprint density at radius 2 is 2.41 bits per heavy atom. The summed E-state index contributed by atoms with van der Waals surface area (Å²) in [4.78, 5) is 7.07. The monoisotopic (exact) mass is 252 g/mol. The summed E-state index contributed by atoms with van der Waals surface area (Å²) in [6.45, 7) is 5.64. The Morgan fingerprint density at radius 3 is 3.24 bits per heavy atom. The molecule has 0 saturated carbocycles. The number of aromatic nitrogens is 2. The topological polar surface area (TPSA) is 41.1 Å². The van der Waals surface area contributed by atoms with Gasteiger partial charge < -0.3 is 10.2 Å². The lowest BCUT2D eigenvalue weighted by molar-refractivity contribution is 0.340. The molecule has 17 heavy (non-hydrogen) atoms. The first-order valence-electron chi connectivity index (χ1n) is 6.67. The first-order chi connectivity index (χ1) is 8.36. The van der Waals surface area contributed by atoms with Gasteiger partial charge in [0.1, 0.15) is 5.82 Å². The zero-order valence-corrected chi connectivity index (χ0v) is 11.2. The van der Waals surface area contributed by atoms with E-state index in [1.165, 1.54) is 25.9 Å². The van der Waals surface area contributed by atoms with Gasteiger partial charge in [0, 0.05) is 37.1 Å². The van der Waals surface area contributed by atoms with Crippen LogP contribution in [0.3, 0.4) is 0 Å². The second-order valence-corrected chi connectivity index (χ2v) is 5.84. The number of fused-ring (bicyclic) bond motifs is 1.